The van der Waals surface area contributed by atoms with Crippen molar-refractivity contribution in [1.29, 1.82) is 0 Å². The highest BCUT2D eigenvalue weighted by atomic mass is 79.9. The second kappa shape index (κ2) is 7.04. The lowest BCUT2D eigenvalue weighted by Gasteiger charge is -2.21. The lowest BCUT2D eigenvalue weighted by molar-refractivity contribution is 0.0752. The Labute approximate surface area is 136 Å². The van der Waals surface area contributed by atoms with Crippen LogP contribution in [0.1, 0.15) is 22.8 Å². The Morgan fingerprint density at radius 3 is 2.20 bits per heavy atom. The van der Waals surface area contributed by atoms with E-state index in [1.807, 2.05) is 60.4 Å². The summed E-state index contributed by atoms with van der Waals surface area (Å²) in [6.45, 7) is 3.30. The zero-order valence-corrected chi connectivity index (χ0v) is 14.3. The number of nitrogens with zero attached hydrogens (tertiary/aromatic N) is 1. The molecule has 0 aliphatic rings. The Balaban J connectivity index is 2.20. The number of hydrogen-bond acceptors (Lipinski definition) is 1. The van der Waals surface area contributed by atoms with Crippen LogP contribution in [0.3, 0.4) is 0 Å². The molecule has 0 bridgehead atoms. The van der Waals surface area contributed by atoms with Gasteiger partial charge in [-0.25, -0.2) is 0 Å². The summed E-state index contributed by atoms with van der Waals surface area (Å²) in [7, 11) is 0. The summed E-state index contributed by atoms with van der Waals surface area (Å²) in [5.41, 5.74) is 1.82. The maximum Gasteiger partial charge on any atom is 0.254 e. The molecule has 0 N–H and O–H groups in total. The average molecular weight is 397 g/mol. The number of hydrogen-bond donors (Lipinski definition) is 0. The van der Waals surface area contributed by atoms with E-state index in [1.54, 1.807) is 0 Å². The molecule has 2 aromatic carbocycles. The normalized spacial score (nSPS) is 10.3. The van der Waals surface area contributed by atoms with Crippen molar-refractivity contribution in [2.45, 2.75) is 13.5 Å². The molecule has 0 aliphatic carbocycles. The van der Waals surface area contributed by atoms with E-state index in [9.17, 15) is 4.79 Å². The second-order valence-electron chi connectivity index (χ2n) is 4.46. The van der Waals surface area contributed by atoms with Gasteiger partial charge in [-0.1, -0.05) is 62.2 Å². The highest BCUT2D eigenvalue weighted by molar-refractivity contribution is 9.11. The van der Waals surface area contributed by atoms with Gasteiger partial charge in [0.05, 0.1) is 0 Å². The Bertz CT molecular complexity index is 578. The second-order valence-corrected chi connectivity index (χ2v) is 6.29. The van der Waals surface area contributed by atoms with Crippen LogP contribution in [0.2, 0.25) is 0 Å². The molecule has 104 valence electrons. The average Bonchev–Trinajstić information content (AvgIpc) is 2.44. The lowest BCUT2D eigenvalue weighted by atomic mass is 10.1. The minimum atomic E-state index is 0.0401. The van der Waals surface area contributed by atoms with Crippen LogP contribution in [0.15, 0.2) is 57.5 Å². The molecule has 2 aromatic rings. The maximum atomic E-state index is 12.6. The number of amides is 1. The SMILES string of the molecule is CCN(Cc1ccccc1)C(=O)c1cc(Br)cc(Br)c1. The van der Waals surface area contributed by atoms with Crippen LogP contribution in [-0.2, 0) is 6.54 Å². The zero-order valence-electron chi connectivity index (χ0n) is 11.1. The van der Waals surface area contributed by atoms with E-state index in [1.165, 1.54) is 0 Å². The third kappa shape index (κ3) is 3.93. The molecule has 0 unspecified atom stereocenters. The van der Waals surface area contributed by atoms with Gasteiger partial charge in [0, 0.05) is 27.6 Å². The van der Waals surface area contributed by atoms with Gasteiger partial charge < -0.3 is 4.90 Å². The van der Waals surface area contributed by atoms with Crippen molar-refractivity contribution in [1.82, 2.24) is 4.90 Å². The monoisotopic (exact) mass is 395 g/mol. The Morgan fingerprint density at radius 2 is 1.65 bits per heavy atom. The lowest BCUT2D eigenvalue weighted by Crippen LogP contribution is -2.30. The van der Waals surface area contributed by atoms with E-state index >= 15 is 0 Å². The summed E-state index contributed by atoms with van der Waals surface area (Å²) in [5, 5.41) is 0. The predicted octanol–water partition coefficient (Wildman–Crippen LogP) is 4.87. The van der Waals surface area contributed by atoms with Crippen molar-refractivity contribution in [3.63, 3.8) is 0 Å². The first kappa shape index (κ1) is 15.3. The van der Waals surface area contributed by atoms with Crippen LogP contribution in [0.25, 0.3) is 0 Å². The van der Waals surface area contributed by atoms with Gasteiger partial charge in [0.1, 0.15) is 0 Å². The van der Waals surface area contributed by atoms with Crippen LogP contribution in [0.4, 0.5) is 0 Å². The number of carbonyl (C=O) groups is 1. The van der Waals surface area contributed by atoms with Crippen molar-refractivity contribution in [2.24, 2.45) is 0 Å². The number of halogens is 2. The molecule has 2 rings (SSSR count). The molecule has 0 heterocycles. The summed E-state index contributed by atoms with van der Waals surface area (Å²) >= 11 is 6.84. The molecule has 0 radical (unpaired) electrons. The van der Waals surface area contributed by atoms with E-state index in [0.29, 0.717) is 18.7 Å². The van der Waals surface area contributed by atoms with Crippen molar-refractivity contribution in [3.05, 3.63) is 68.6 Å². The fourth-order valence-electron chi connectivity index (χ4n) is 1.99. The summed E-state index contributed by atoms with van der Waals surface area (Å²) in [4.78, 5) is 14.4. The largest absolute Gasteiger partial charge is 0.335 e. The fraction of sp³-hybridized carbons (Fsp3) is 0.188. The van der Waals surface area contributed by atoms with Crippen LogP contribution in [0, 0.1) is 0 Å². The number of rotatable bonds is 4. The van der Waals surface area contributed by atoms with Gasteiger partial charge in [0.2, 0.25) is 0 Å². The van der Waals surface area contributed by atoms with Gasteiger partial charge in [-0.15, -0.1) is 0 Å². The predicted molar refractivity (Wildman–Crippen MR) is 88.7 cm³/mol. The van der Waals surface area contributed by atoms with E-state index in [-0.39, 0.29) is 5.91 Å². The molecule has 0 saturated carbocycles. The number of carbonyl (C=O) groups excluding carboxylic acids is 1. The highest BCUT2D eigenvalue weighted by Gasteiger charge is 2.15. The first-order valence-corrected chi connectivity index (χ1v) is 7.98. The molecular weight excluding hydrogens is 382 g/mol. The molecular formula is C16H15Br2NO. The Kier molecular flexibility index (Phi) is 5.38. The van der Waals surface area contributed by atoms with Crippen LogP contribution >= 0.6 is 31.9 Å². The number of benzene rings is 2. The third-order valence-corrected chi connectivity index (χ3v) is 3.91. The van der Waals surface area contributed by atoms with Crippen molar-refractivity contribution < 1.29 is 4.79 Å². The standard InChI is InChI=1S/C16H15Br2NO/c1-2-19(11-12-6-4-3-5-7-12)16(20)13-8-14(17)10-15(18)9-13/h3-10H,2,11H2,1H3. The summed E-state index contributed by atoms with van der Waals surface area (Å²) in [6, 6.07) is 15.6. The van der Waals surface area contributed by atoms with Crippen LogP contribution in [0.5, 0.6) is 0 Å². The van der Waals surface area contributed by atoms with Gasteiger partial charge in [-0.3, -0.25) is 4.79 Å². The summed E-state index contributed by atoms with van der Waals surface area (Å²) < 4.78 is 1.79. The highest BCUT2D eigenvalue weighted by Crippen LogP contribution is 2.21. The van der Waals surface area contributed by atoms with Crippen molar-refractivity contribution >= 4 is 37.8 Å². The molecule has 20 heavy (non-hydrogen) atoms. The topological polar surface area (TPSA) is 20.3 Å². The maximum absolute atomic E-state index is 12.6. The Hall–Kier alpha value is -1.13. The minimum Gasteiger partial charge on any atom is -0.335 e. The van der Waals surface area contributed by atoms with Crippen molar-refractivity contribution in [2.75, 3.05) is 6.54 Å². The first-order valence-electron chi connectivity index (χ1n) is 6.39. The Morgan fingerprint density at radius 1 is 1.05 bits per heavy atom. The summed E-state index contributed by atoms with van der Waals surface area (Å²) in [6.07, 6.45) is 0. The molecule has 0 aliphatic heterocycles. The van der Waals surface area contributed by atoms with Gasteiger partial charge in [0.25, 0.3) is 5.91 Å². The van der Waals surface area contributed by atoms with E-state index in [2.05, 4.69) is 31.9 Å². The van der Waals surface area contributed by atoms with Gasteiger partial charge >= 0.3 is 0 Å². The fourth-order valence-corrected chi connectivity index (χ4v) is 3.28. The summed E-state index contributed by atoms with van der Waals surface area (Å²) in [5.74, 6) is 0.0401. The minimum absolute atomic E-state index is 0.0401. The van der Waals surface area contributed by atoms with Crippen LogP contribution in [-0.4, -0.2) is 17.4 Å². The van der Waals surface area contributed by atoms with E-state index < -0.39 is 0 Å². The quantitative estimate of drug-likeness (QED) is 0.721. The van der Waals surface area contributed by atoms with Gasteiger partial charge in [-0.05, 0) is 30.7 Å². The van der Waals surface area contributed by atoms with Crippen molar-refractivity contribution in [3.8, 4) is 0 Å². The zero-order chi connectivity index (χ0) is 14.5. The first-order chi connectivity index (χ1) is 9.60. The van der Waals surface area contributed by atoms with Crippen LogP contribution < -0.4 is 0 Å². The van der Waals surface area contributed by atoms with E-state index in [4.69, 9.17) is 0 Å². The van der Waals surface area contributed by atoms with Gasteiger partial charge in [0.15, 0.2) is 0 Å². The van der Waals surface area contributed by atoms with Gasteiger partial charge in [-0.2, -0.15) is 0 Å². The molecule has 0 spiro atoms. The molecule has 0 saturated heterocycles. The smallest absolute Gasteiger partial charge is 0.254 e. The third-order valence-electron chi connectivity index (χ3n) is 2.99. The molecule has 0 atom stereocenters. The van der Waals surface area contributed by atoms with E-state index in [0.717, 1.165) is 14.5 Å². The molecule has 4 heteroatoms. The molecule has 1 amide bonds. The molecule has 0 aromatic heterocycles. The molecule has 2 nitrogen and oxygen atoms in total. The molecule has 0 fully saturated rings.